The molecule has 2 aromatic heterocycles. The van der Waals surface area contributed by atoms with Crippen LogP contribution in [0, 0.1) is 6.92 Å². The van der Waals surface area contributed by atoms with E-state index in [9.17, 15) is 4.79 Å². The largest absolute Gasteiger partial charge is 0.459 e. The first-order valence-corrected chi connectivity index (χ1v) is 9.44. The number of nitrogens with one attached hydrogen (secondary N) is 1. The predicted molar refractivity (Wildman–Crippen MR) is 103 cm³/mol. The fraction of sp³-hybridized carbons (Fsp3) is 0.450. The highest BCUT2D eigenvalue weighted by atomic mass is 16.3. The lowest BCUT2D eigenvalue weighted by Crippen LogP contribution is -2.31. The summed E-state index contributed by atoms with van der Waals surface area (Å²) in [5.74, 6) is 0.621. The molecule has 1 amide bonds. The van der Waals surface area contributed by atoms with Crippen molar-refractivity contribution in [3.8, 4) is 0 Å². The Bertz CT molecular complexity index is 921. The highest BCUT2D eigenvalue weighted by Crippen LogP contribution is 2.28. The van der Waals surface area contributed by atoms with Crippen LogP contribution >= 0.6 is 0 Å². The third-order valence-corrected chi connectivity index (χ3v) is 5.54. The molecule has 1 aliphatic rings. The molecule has 4 rings (SSSR count). The Hall–Kier alpha value is -2.67. The molecular formula is C20H25N5O2. The van der Waals surface area contributed by atoms with Crippen molar-refractivity contribution < 1.29 is 9.21 Å². The van der Waals surface area contributed by atoms with Gasteiger partial charge in [0.2, 0.25) is 0 Å². The molecule has 0 bridgehead atoms. The molecule has 1 fully saturated rings. The summed E-state index contributed by atoms with van der Waals surface area (Å²) in [6.07, 6.45) is 2.01. The molecular weight excluding hydrogens is 342 g/mol. The molecule has 0 aliphatic carbocycles. The van der Waals surface area contributed by atoms with Crippen LogP contribution in [-0.4, -0.2) is 45.9 Å². The Morgan fingerprint density at radius 3 is 2.81 bits per heavy atom. The van der Waals surface area contributed by atoms with Gasteiger partial charge < -0.3 is 14.6 Å². The van der Waals surface area contributed by atoms with Crippen LogP contribution in [0.1, 0.15) is 53.8 Å². The Kier molecular flexibility index (Phi) is 4.70. The van der Waals surface area contributed by atoms with Gasteiger partial charge in [-0.1, -0.05) is 23.4 Å². The van der Waals surface area contributed by atoms with Crippen molar-refractivity contribution in [2.45, 2.75) is 38.8 Å². The number of amides is 1. The number of carbonyl (C=O) groups excluding carboxylic acids is 1. The Labute approximate surface area is 158 Å². The van der Waals surface area contributed by atoms with Gasteiger partial charge in [0.15, 0.2) is 5.69 Å². The first-order chi connectivity index (χ1) is 13.1. The predicted octanol–water partition coefficient (Wildman–Crippen LogP) is 3.09. The average molecular weight is 367 g/mol. The Morgan fingerprint density at radius 2 is 2.07 bits per heavy atom. The molecule has 0 radical (unpaired) electrons. The number of aromatic nitrogens is 3. The van der Waals surface area contributed by atoms with E-state index >= 15 is 0 Å². The van der Waals surface area contributed by atoms with Crippen LogP contribution < -0.4 is 5.32 Å². The first kappa shape index (κ1) is 17.7. The zero-order chi connectivity index (χ0) is 19.0. The van der Waals surface area contributed by atoms with E-state index in [0.29, 0.717) is 11.7 Å². The van der Waals surface area contributed by atoms with Gasteiger partial charge in [-0.2, -0.15) is 0 Å². The molecule has 1 unspecified atom stereocenters. The Balaban J connectivity index is 1.55. The molecule has 0 saturated carbocycles. The number of para-hydroxylation sites is 1. The van der Waals surface area contributed by atoms with Crippen LogP contribution in [0.2, 0.25) is 0 Å². The summed E-state index contributed by atoms with van der Waals surface area (Å²) in [5, 5.41) is 12.9. The minimum Gasteiger partial charge on any atom is -0.459 e. The second-order valence-electron chi connectivity index (χ2n) is 7.23. The van der Waals surface area contributed by atoms with Crippen LogP contribution in [0.15, 0.2) is 34.7 Å². The van der Waals surface area contributed by atoms with Crippen LogP contribution in [0.5, 0.6) is 0 Å². The van der Waals surface area contributed by atoms with E-state index in [0.717, 1.165) is 48.4 Å². The van der Waals surface area contributed by atoms with E-state index < -0.39 is 0 Å². The van der Waals surface area contributed by atoms with E-state index in [1.54, 1.807) is 11.9 Å². The van der Waals surface area contributed by atoms with Crippen molar-refractivity contribution in [2.24, 2.45) is 0 Å². The van der Waals surface area contributed by atoms with Gasteiger partial charge in [-0.25, -0.2) is 4.68 Å². The number of benzene rings is 1. The number of nitrogens with zero attached hydrogens (tertiary/aromatic N) is 4. The molecule has 3 heterocycles. The maximum absolute atomic E-state index is 13.0. The minimum absolute atomic E-state index is 0.138. The molecule has 1 aromatic carbocycles. The van der Waals surface area contributed by atoms with Crippen molar-refractivity contribution in [1.29, 1.82) is 0 Å². The van der Waals surface area contributed by atoms with Crippen molar-refractivity contribution in [3.05, 3.63) is 47.5 Å². The molecule has 1 aliphatic heterocycles. The van der Waals surface area contributed by atoms with Crippen molar-refractivity contribution in [3.63, 3.8) is 0 Å². The number of carbonyl (C=O) groups is 1. The number of hydrogen-bond acceptors (Lipinski definition) is 5. The summed E-state index contributed by atoms with van der Waals surface area (Å²) in [6, 6.07) is 9.95. The number of furan rings is 1. The van der Waals surface area contributed by atoms with Gasteiger partial charge in [-0.15, -0.1) is 5.10 Å². The normalized spacial score (nSPS) is 16.6. The molecule has 1 N–H and O–H groups in total. The smallest absolute Gasteiger partial charge is 0.276 e. The first-order valence-electron chi connectivity index (χ1n) is 9.44. The summed E-state index contributed by atoms with van der Waals surface area (Å²) in [5.41, 5.74) is 2.07. The number of fused-ring (bicyclic) bond motifs is 1. The van der Waals surface area contributed by atoms with Gasteiger partial charge in [0.1, 0.15) is 11.3 Å². The van der Waals surface area contributed by atoms with E-state index in [-0.39, 0.29) is 11.9 Å². The lowest BCUT2D eigenvalue weighted by molar-refractivity contribution is 0.0720. The van der Waals surface area contributed by atoms with Gasteiger partial charge in [-0.05, 0) is 51.9 Å². The van der Waals surface area contributed by atoms with Gasteiger partial charge >= 0.3 is 0 Å². The van der Waals surface area contributed by atoms with E-state index in [1.165, 1.54) is 0 Å². The number of hydrogen-bond donors (Lipinski definition) is 1. The lowest BCUT2D eigenvalue weighted by atomic mass is 10.1. The molecule has 27 heavy (non-hydrogen) atoms. The topological polar surface area (TPSA) is 76.2 Å². The van der Waals surface area contributed by atoms with Gasteiger partial charge in [0, 0.05) is 12.4 Å². The van der Waals surface area contributed by atoms with Gasteiger partial charge in [-0.3, -0.25) is 4.79 Å². The highest BCUT2D eigenvalue weighted by molar-refractivity contribution is 5.93. The number of piperidine rings is 1. The standard InChI is InChI=1S/C20H25N5O2/c1-13(18-12-15-6-4-5-7-17(15)27-18)24(3)20(26)19-14(2)25(23-22-19)16-8-10-21-11-9-16/h4-7,12-13,16,21H,8-11H2,1-3H3. The molecule has 7 nitrogen and oxygen atoms in total. The molecule has 1 atom stereocenters. The summed E-state index contributed by atoms with van der Waals surface area (Å²) in [4.78, 5) is 14.7. The molecule has 1 saturated heterocycles. The van der Waals surface area contributed by atoms with E-state index in [4.69, 9.17) is 4.42 Å². The SMILES string of the molecule is Cc1c(C(=O)N(C)C(C)c2cc3ccccc3o2)nnn1C1CCNCC1. The fourth-order valence-electron chi connectivity index (χ4n) is 3.68. The Morgan fingerprint density at radius 1 is 1.33 bits per heavy atom. The summed E-state index contributed by atoms with van der Waals surface area (Å²) in [6.45, 7) is 5.82. The summed E-state index contributed by atoms with van der Waals surface area (Å²) < 4.78 is 7.84. The van der Waals surface area contributed by atoms with Crippen molar-refractivity contribution in [1.82, 2.24) is 25.2 Å². The van der Waals surface area contributed by atoms with Crippen molar-refractivity contribution >= 4 is 16.9 Å². The fourth-order valence-corrected chi connectivity index (χ4v) is 3.68. The zero-order valence-electron chi connectivity index (χ0n) is 16.0. The van der Waals surface area contributed by atoms with Crippen LogP contribution in [-0.2, 0) is 0 Å². The second-order valence-corrected chi connectivity index (χ2v) is 7.23. The number of rotatable bonds is 4. The van der Waals surface area contributed by atoms with Gasteiger partial charge in [0.05, 0.1) is 17.8 Å². The minimum atomic E-state index is -0.201. The van der Waals surface area contributed by atoms with Crippen LogP contribution in [0.4, 0.5) is 0 Å². The lowest BCUT2D eigenvalue weighted by Gasteiger charge is -2.24. The van der Waals surface area contributed by atoms with E-state index in [1.807, 2.05) is 48.9 Å². The summed E-state index contributed by atoms with van der Waals surface area (Å²) in [7, 11) is 1.78. The average Bonchev–Trinajstić information content (AvgIpc) is 3.30. The zero-order valence-corrected chi connectivity index (χ0v) is 16.0. The third-order valence-electron chi connectivity index (χ3n) is 5.54. The maximum Gasteiger partial charge on any atom is 0.276 e. The molecule has 7 heteroatoms. The van der Waals surface area contributed by atoms with Gasteiger partial charge in [0.25, 0.3) is 5.91 Å². The molecule has 0 spiro atoms. The second kappa shape index (κ2) is 7.15. The maximum atomic E-state index is 13.0. The monoisotopic (exact) mass is 367 g/mol. The highest BCUT2D eigenvalue weighted by Gasteiger charge is 2.28. The van der Waals surface area contributed by atoms with E-state index in [2.05, 4.69) is 15.6 Å². The third kappa shape index (κ3) is 3.23. The molecule has 142 valence electrons. The van der Waals surface area contributed by atoms with Crippen LogP contribution in [0.25, 0.3) is 11.0 Å². The quantitative estimate of drug-likeness (QED) is 0.767. The molecule has 3 aromatic rings. The summed E-state index contributed by atoms with van der Waals surface area (Å²) >= 11 is 0. The van der Waals surface area contributed by atoms with Crippen molar-refractivity contribution in [2.75, 3.05) is 20.1 Å². The van der Waals surface area contributed by atoms with Crippen LogP contribution in [0.3, 0.4) is 0 Å².